The molecule has 2 rings (SSSR count). The Hall–Kier alpha value is -0.860. The van der Waals surface area contributed by atoms with Crippen LogP contribution in [0, 0.1) is 6.92 Å². The predicted molar refractivity (Wildman–Crippen MR) is 86.6 cm³/mol. The molecule has 1 aliphatic rings. The molecule has 2 heteroatoms. The van der Waals surface area contributed by atoms with E-state index in [0.29, 0.717) is 0 Å². The van der Waals surface area contributed by atoms with E-state index in [0.717, 1.165) is 13.0 Å². The van der Waals surface area contributed by atoms with Crippen LogP contribution >= 0.6 is 0 Å². The first-order valence-electron chi connectivity index (χ1n) is 7.68. The Labute approximate surface area is 119 Å². The molecule has 2 nitrogen and oxygen atoms in total. The van der Waals surface area contributed by atoms with E-state index >= 15 is 0 Å². The molecule has 1 atom stereocenters. The summed E-state index contributed by atoms with van der Waals surface area (Å²) in [7, 11) is 1.93. The van der Waals surface area contributed by atoms with Crippen molar-refractivity contribution < 1.29 is 0 Å². The van der Waals surface area contributed by atoms with Crippen LogP contribution in [0.2, 0.25) is 0 Å². The maximum Gasteiger partial charge on any atom is 0.0206 e. The molecule has 1 aromatic rings. The summed E-state index contributed by atoms with van der Waals surface area (Å²) in [6, 6.07) is 8.76. The van der Waals surface area contributed by atoms with Crippen LogP contribution in [-0.4, -0.2) is 19.6 Å². The Morgan fingerprint density at radius 2 is 1.53 bits per heavy atom. The highest BCUT2D eigenvalue weighted by Gasteiger charge is 2.01. The molecule has 0 radical (unpaired) electrons. The second-order valence-corrected chi connectivity index (χ2v) is 4.92. The Balaban J connectivity index is 0.000000449. The molecule has 0 aliphatic heterocycles. The minimum absolute atomic E-state index is 0.215. The van der Waals surface area contributed by atoms with Crippen molar-refractivity contribution in [2.24, 2.45) is 5.73 Å². The lowest BCUT2D eigenvalue weighted by Gasteiger charge is -2.10. The van der Waals surface area contributed by atoms with Gasteiger partial charge in [0.05, 0.1) is 0 Å². The SMILES string of the molecule is C1CCC1.CC.CNCC(N)Cc1ccc(C)cc1. The summed E-state index contributed by atoms with van der Waals surface area (Å²) >= 11 is 0. The lowest BCUT2D eigenvalue weighted by Crippen LogP contribution is -2.33. The van der Waals surface area contributed by atoms with Crippen LogP contribution in [0.15, 0.2) is 24.3 Å². The molecule has 1 saturated carbocycles. The molecule has 1 aliphatic carbocycles. The molecule has 19 heavy (non-hydrogen) atoms. The Bertz CT molecular complexity index is 285. The van der Waals surface area contributed by atoms with Crippen LogP contribution in [0.5, 0.6) is 0 Å². The third kappa shape index (κ3) is 9.69. The highest BCUT2D eigenvalue weighted by atomic mass is 14.9. The van der Waals surface area contributed by atoms with E-state index in [2.05, 4.69) is 36.5 Å². The summed E-state index contributed by atoms with van der Waals surface area (Å²) in [5.41, 5.74) is 8.50. The van der Waals surface area contributed by atoms with Crippen molar-refractivity contribution >= 4 is 0 Å². The van der Waals surface area contributed by atoms with Crippen molar-refractivity contribution in [1.82, 2.24) is 5.32 Å². The third-order valence-electron chi connectivity index (χ3n) is 3.08. The van der Waals surface area contributed by atoms with Gasteiger partial charge in [0, 0.05) is 12.6 Å². The average molecular weight is 264 g/mol. The summed E-state index contributed by atoms with van der Waals surface area (Å²) in [4.78, 5) is 0. The molecule has 0 aromatic heterocycles. The monoisotopic (exact) mass is 264 g/mol. The van der Waals surface area contributed by atoms with Crippen molar-refractivity contribution in [3.05, 3.63) is 35.4 Å². The second kappa shape index (κ2) is 12.2. The van der Waals surface area contributed by atoms with Gasteiger partial charge in [0.25, 0.3) is 0 Å². The lowest BCUT2D eigenvalue weighted by molar-refractivity contribution is 0.504. The topological polar surface area (TPSA) is 38.0 Å². The molecular formula is C17H32N2. The largest absolute Gasteiger partial charge is 0.326 e. The van der Waals surface area contributed by atoms with Gasteiger partial charge in [0.15, 0.2) is 0 Å². The van der Waals surface area contributed by atoms with Gasteiger partial charge < -0.3 is 11.1 Å². The van der Waals surface area contributed by atoms with Gasteiger partial charge in [-0.1, -0.05) is 69.4 Å². The van der Waals surface area contributed by atoms with Gasteiger partial charge in [-0.3, -0.25) is 0 Å². The minimum atomic E-state index is 0.215. The van der Waals surface area contributed by atoms with Gasteiger partial charge in [0.1, 0.15) is 0 Å². The number of hydrogen-bond donors (Lipinski definition) is 2. The molecule has 1 aromatic carbocycles. The van der Waals surface area contributed by atoms with E-state index in [1.807, 2.05) is 20.9 Å². The van der Waals surface area contributed by atoms with Crippen molar-refractivity contribution in [2.75, 3.05) is 13.6 Å². The van der Waals surface area contributed by atoms with Gasteiger partial charge in [-0.05, 0) is 26.0 Å². The van der Waals surface area contributed by atoms with Crippen molar-refractivity contribution in [1.29, 1.82) is 0 Å². The highest BCUT2D eigenvalue weighted by molar-refractivity contribution is 5.22. The normalized spacial score (nSPS) is 14.2. The number of likely N-dealkylation sites (N-methyl/N-ethyl adjacent to an activating group) is 1. The fourth-order valence-electron chi connectivity index (χ4n) is 1.61. The zero-order chi connectivity index (χ0) is 14.5. The Morgan fingerprint density at radius 3 is 1.89 bits per heavy atom. The van der Waals surface area contributed by atoms with Gasteiger partial charge in [-0.25, -0.2) is 0 Å². The minimum Gasteiger partial charge on any atom is -0.326 e. The van der Waals surface area contributed by atoms with E-state index in [1.54, 1.807) is 0 Å². The number of rotatable bonds is 4. The summed E-state index contributed by atoms with van der Waals surface area (Å²) in [6.07, 6.45) is 6.95. The zero-order valence-corrected chi connectivity index (χ0v) is 13.2. The molecule has 1 unspecified atom stereocenters. The number of nitrogens with two attached hydrogens (primary N) is 1. The van der Waals surface area contributed by atoms with E-state index < -0.39 is 0 Å². The maximum atomic E-state index is 5.89. The van der Waals surface area contributed by atoms with E-state index in [9.17, 15) is 0 Å². The summed E-state index contributed by atoms with van der Waals surface area (Å²) in [5.74, 6) is 0. The van der Waals surface area contributed by atoms with Crippen LogP contribution < -0.4 is 11.1 Å². The fraction of sp³-hybridized carbons (Fsp3) is 0.647. The number of aryl methyl sites for hydroxylation is 1. The summed E-state index contributed by atoms with van der Waals surface area (Å²) in [6.45, 7) is 6.96. The summed E-state index contributed by atoms with van der Waals surface area (Å²) < 4.78 is 0. The standard InChI is InChI=1S/C11H18N2.C4H8.C2H6/c1-9-3-5-10(6-4-9)7-11(12)8-13-2;1-2-4-3-1;1-2/h3-6,11,13H,7-8,12H2,1-2H3;1-4H2;1-2H3. The molecule has 0 heterocycles. The molecule has 0 spiro atoms. The van der Waals surface area contributed by atoms with Crippen LogP contribution in [0.1, 0.15) is 50.7 Å². The molecule has 0 saturated heterocycles. The van der Waals surface area contributed by atoms with Gasteiger partial charge in [-0.2, -0.15) is 0 Å². The number of benzene rings is 1. The molecule has 0 bridgehead atoms. The molecule has 3 N–H and O–H groups in total. The molecule has 110 valence electrons. The van der Waals surface area contributed by atoms with Gasteiger partial charge >= 0.3 is 0 Å². The first-order valence-corrected chi connectivity index (χ1v) is 7.68. The predicted octanol–water partition coefficient (Wildman–Crippen LogP) is 3.67. The fourth-order valence-corrected chi connectivity index (χ4v) is 1.61. The van der Waals surface area contributed by atoms with E-state index in [-0.39, 0.29) is 6.04 Å². The molecule has 1 fully saturated rings. The first kappa shape index (κ1) is 18.1. The first-order chi connectivity index (χ1) is 9.22. The number of hydrogen-bond acceptors (Lipinski definition) is 2. The van der Waals surface area contributed by atoms with Crippen molar-refractivity contribution in [2.45, 2.75) is 58.9 Å². The molecular weight excluding hydrogens is 232 g/mol. The van der Waals surface area contributed by atoms with Gasteiger partial charge in [0.2, 0.25) is 0 Å². The van der Waals surface area contributed by atoms with Crippen LogP contribution in [-0.2, 0) is 6.42 Å². The smallest absolute Gasteiger partial charge is 0.0206 e. The lowest BCUT2D eigenvalue weighted by atomic mass is 10.0. The van der Waals surface area contributed by atoms with E-state index in [1.165, 1.54) is 36.8 Å². The zero-order valence-electron chi connectivity index (χ0n) is 13.2. The number of nitrogens with one attached hydrogen (secondary N) is 1. The maximum absolute atomic E-state index is 5.89. The van der Waals surface area contributed by atoms with Crippen molar-refractivity contribution in [3.8, 4) is 0 Å². The quantitative estimate of drug-likeness (QED) is 0.871. The van der Waals surface area contributed by atoms with Crippen LogP contribution in [0.25, 0.3) is 0 Å². The van der Waals surface area contributed by atoms with Crippen LogP contribution in [0.3, 0.4) is 0 Å². The molecule has 0 amide bonds. The Morgan fingerprint density at radius 1 is 1.05 bits per heavy atom. The van der Waals surface area contributed by atoms with E-state index in [4.69, 9.17) is 5.73 Å². The second-order valence-electron chi connectivity index (χ2n) is 4.92. The highest BCUT2D eigenvalue weighted by Crippen LogP contribution is 2.15. The average Bonchev–Trinajstić information content (AvgIpc) is 2.33. The summed E-state index contributed by atoms with van der Waals surface area (Å²) in [5, 5.41) is 3.07. The van der Waals surface area contributed by atoms with Crippen LogP contribution in [0.4, 0.5) is 0 Å². The Kier molecular flexibility index (Phi) is 11.6. The van der Waals surface area contributed by atoms with Gasteiger partial charge in [-0.15, -0.1) is 0 Å². The third-order valence-corrected chi connectivity index (χ3v) is 3.08. The van der Waals surface area contributed by atoms with Crippen molar-refractivity contribution in [3.63, 3.8) is 0 Å².